The van der Waals surface area contributed by atoms with Crippen LogP contribution in [0, 0.1) is 0 Å². The fraction of sp³-hybridized carbons (Fsp3) is 0.129. The molecule has 0 aliphatic carbocycles. The minimum Gasteiger partial charge on any atom is -0.493 e. The van der Waals surface area contributed by atoms with Crippen molar-refractivity contribution in [2.45, 2.75) is 13.2 Å². The Morgan fingerprint density at radius 2 is 1.76 bits per heavy atom. The average Bonchev–Trinajstić information content (AvgIpc) is 3.73. The van der Waals surface area contributed by atoms with Crippen molar-refractivity contribution in [3.05, 3.63) is 95.7 Å². The van der Waals surface area contributed by atoms with Crippen LogP contribution in [0.1, 0.15) is 21.6 Å². The van der Waals surface area contributed by atoms with Gasteiger partial charge in [0.2, 0.25) is 6.79 Å². The molecule has 0 atom stereocenters. The second-order valence-corrected chi connectivity index (χ2v) is 10.1. The Morgan fingerprint density at radius 1 is 0.927 bits per heavy atom. The van der Waals surface area contributed by atoms with E-state index in [1.165, 1.54) is 0 Å². The lowest BCUT2D eigenvalue weighted by molar-refractivity contribution is 0.0687. The number of nitrogens with zero attached hydrogens (tertiary/aromatic N) is 3. The monoisotopic (exact) mass is 565 g/mol. The molecule has 204 valence electrons. The Bertz CT molecular complexity index is 1930. The standard InChI is InChI=1S/C31H23N3O6S/c1-37-26-13-21-24(14-28(26)38-16-18-5-3-2-4-6-18)34(15-19-7-10-25-27(11-19)40-17-39-25)30(31(35)36)29(21)20-8-9-22-23(12-20)33-41-32-22/h2-14H,15-17H2,1H3,(H,35,36). The normalized spacial score (nSPS) is 12.2. The van der Waals surface area contributed by atoms with E-state index in [1.807, 2.05) is 78.9 Å². The number of hydrogen-bond acceptors (Lipinski definition) is 8. The number of rotatable bonds is 8. The van der Waals surface area contributed by atoms with Crippen molar-refractivity contribution >= 4 is 39.6 Å². The molecule has 1 N–H and O–H groups in total. The molecular formula is C31H23N3O6S. The van der Waals surface area contributed by atoms with E-state index in [1.54, 1.807) is 11.7 Å². The van der Waals surface area contributed by atoms with Crippen molar-refractivity contribution in [3.63, 3.8) is 0 Å². The quantitative estimate of drug-likeness (QED) is 0.227. The van der Waals surface area contributed by atoms with Gasteiger partial charge in [-0.3, -0.25) is 0 Å². The lowest BCUT2D eigenvalue weighted by Gasteiger charge is -2.13. The van der Waals surface area contributed by atoms with Crippen LogP contribution in [0.15, 0.2) is 78.9 Å². The molecular weight excluding hydrogens is 542 g/mol. The molecule has 0 bridgehead atoms. The van der Waals surface area contributed by atoms with Crippen molar-refractivity contribution in [1.29, 1.82) is 0 Å². The summed E-state index contributed by atoms with van der Waals surface area (Å²) in [5.74, 6) is 1.25. The first-order valence-corrected chi connectivity index (χ1v) is 13.6. The second-order valence-electron chi connectivity index (χ2n) is 9.56. The van der Waals surface area contributed by atoms with Crippen molar-refractivity contribution < 1.29 is 28.8 Å². The molecule has 4 aromatic carbocycles. The molecule has 10 heteroatoms. The summed E-state index contributed by atoms with van der Waals surface area (Å²) in [6.07, 6.45) is 0. The maximum Gasteiger partial charge on any atom is 0.353 e. The van der Waals surface area contributed by atoms with Gasteiger partial charge in [0.25, 0.3) is 0 Å². The van der Waals surface area contributed by atoms with Crippen LogP contribution in [0.4, 0.5) is 0 Å². The number of methoxy groups -OCH3 is 1. The lowest BCUT2D eigenvalue weighted by atomic mass is 10.0. The Labute approximate surface area is 238 Å². The molecule has 1 aliphatic rings. The molecule has 1 aliphatic heterocycles. The Hall–Kier alpha value is -5.09. The topological polar surface area (TPSA) is 105 Å². The highest BCUT2D eigenvalue weighted by atomic mass is 32.1. The summed E-state index contributed by atoms with van der Waals surface area (Å²) in [6, 6.07) is 24.8. The third-order valence-corrected chi connectivity index (χ3v) is 7.67. The highest BCUT2D eigenvalue weighted by Crippen LogP contribution is 2.43. The van der Waals surface area contributed by atoms with Crippen LogP contribution in [-0.4, -0.2) is 38.3 Å². The first-order valence-electron chi connectivity index (χ1n) is 12.8. The van der Waals surface area contributed by atoms with Crippen molar-refractivity contribution in [2.75, 3.05) is 13.9 Å². The van der Waals surface area contributed by atoms with Gasteiger partial charge in [0, 0.05) is 23.6 Å². The molecule has 2 aromatic heterocycles. The summed E-state index contributed by atoms with van der Waals surface area (Å²) in [5, 5.41) is 11.3. The number of aromatic carboxylic acids is 1. The Morgan fingerprint density at radius 3 is 2.59 bits per heavy atom. The van der Waals surface area contributed by atoms with Crippen LogP contribution in [0.2, 0.25) is 0 Å². The van der Waals surface area contributed by atoms with Gasteiger partial charge in [-0.2, -0.15) is 8.75 Å². The van der Waals surface area contributed by atoms with E-state index < -0.39 is 5.97 Å². The van der Waals surface area contributed by atoms with Crippen LogP contribution in [0.5, 0.6) is 23.0 Å². The smallest absolute Gasteiger partial charge is 0.353 e. The number of carboxylic acid groups (broad SMARTS) is 1. The summed E-state index contributed by atoms with van der Waals surface area (Å²) in [5.41, 5.74) is 5.44. The zero-order chi connectivity index (χ0) is 27.9. The summed E-state index contributed by atoms with van der Waals surface area (Å²) >= 11 is 1.12. The van der Waals surface area contributed by atoms with Gasteiger partial charge in [0.15, 0.2) is 23.0 Å². The zero-order valence-corrected chi connectivity index (χ0v) is 22.7. The predicted molar refractivity (Wildman–Crippen MR) is 154 cm³/mol. The number of aromatic nitrogens is 3. The summed E-state index contributed by atoms with van der Waals surface area (Å²) in [6.45, 7) is 0.767. The molecule has 0 spiro atoms. The molecule has 0 radical (unpaired) electrons. The molecule has 0 unspecified atom stereocenters. The number of fused-ring (bicyclic) bond motifs is 3. The van der Waals surface area contributed by atoms with Crippen LogP contribution >= 0.6 is 11.7 Å². The minimum absolute atomic E-state index is 0.141. The van der Waals surface area contributed by atoms with E-state index in [0.29, 0.717) is 46.2 Å². The van der Waals surface area contributed by atoms with Gasteiger partial charge in [-0.15, -0.1) is 0 Å². The highest BCUT2D eigenvalue weighted by Gasteiger charge is 2.27. The minimum atomic E-state index is -1.06. The Kier molecular flexibility index (Phi) is 6.16. The molecule has 0 fully saturated rings. The van der Waals surface area contributed by atoms with E-state index in [2.05, 4.69) is 8.75 Å². The summed E-state index contributed by atoms with van der Waals surface area (Å²) in [7, 11) is 1.57. The molecule has 41 heavy (non-hydrogen) atoms. The maximum absolute atomic E-state index is 13.0. The van der Waals surface area contributed by atoms with E-state index in [-0.39, 0.29) is 19.0 Å². The third kappa shape index (κ3) is 4.48. The largest absolute Gasteiger partial charge is 0.493 e. The van der Waals surface area contributed by atoms with Crippen LogP contribution in [0.25, 0.3) is 33.1 Å². The fourth-order valence-electron chi connectivity index (χ4n) is 5.20. The Balaban J connectivity index is 1.43. The average molecular weight is 566 g/mol. The first-order chi connectivity index (χ1) is 20.1. The van der Waals surface area contributed by atoms with E-state index >= 15 is 0 Å². The van der Waals surface area contributed by atoms with Gasteiger partial charge < -0.3 is 28.6 Å². The molecule has 0 saturated carbocycles. The fourth-order valence-corrected chi connectivity index (χ4v) is 5.72. The predicted octanol–water partition coefficient (Wildman–Crippen LogP) is 6.38. The van der Waals surface area contributed by atoms with Gasteiger partial charge >= 0.3 is 5.97 Å². The first kappa shape index (κ1) is 24.9. The van der Waals surface area contributed by atoms with Crippen LogP contribution in [0.3, 0.4) is 0 Å². The van der Waals surface area contributed by atoms with Crippen molar-refractivity contribution in [3.8, 4) is 34.1 Å². The molecule has 7 rings (SSSR count). The van der Waals surface area contributed by atoms with Gasteiger partial charge in [0.1, 0.15) is 23.3 Å². The van der Waals surface area contributed by atoms with Crippen LogP contribution in [-0.2, 0) is 13.2 Å². The maximum atomic E-state index is 13.0. The van der Waals surface area contributed by atoms with E-state index in [4.69, 9.17) is 18.9 Å². The number of carbonyl (C=O) groups is 1. The van der Waals surface area contributed by atoms with Gasteiger partial charge in [-0.1, -0.05) is 42.5 Å². The SMILES string of the molecule is COc1cc2c(-c3ccc4nsnc4c3)c(C(=O)O)n(Cc3ccc4c(c3)OCO4)c2cc1OCc1ccccc1. The lowest BCUT2D eigenvalue weighted by Crippen LogP contribution is -2.10. The zero-order valence-electron chi connectivity index (χ0n) is 21.9. The third-order valence-electron chi connectivity index (χ3n) is 7.11. The van der Waals surface area contributed by atoms with E-state index in [0.717, 1.165) is 39.3 Å². The molecule has 6 aromatic rings. The second kappa shape index (κ2) is 10.1. The summed E-state index contributed by atoms with van der Waals surface area (Å²) in [4.78, 5) is 13.0. The number of benzene rings is 4. The highest BCUT2D eigenvalue weighted by molar-refractivity contribution is 7.00. The number of ether oxygens (including phenoxy) is 4. The molecule has 0 saturated heterocycles. The van der Waals surface area contributed by atoms with Gasteiger partial charge in [-0.05, 0) is 47.0 Å². The number of carboxylic acids is 1. The van der Waals surface area contributed by atoms with Gasteiger partial charge in [-0.25, -0.2) is 4.79 Å². The van der Waals surface area contributed by atoms with Crippen molar-refractivity contribution in [1.82, 2.24) is 13.3 Å². The molecule has 3 heterocycles. The number of hydrogen-bond donors (Lipinski definition) is 1. The molecule has 0 amide bonds. The van der Waals surface area contributed by atoms with Gasteiger partial charge in [0.05, 0.1) is 24.4 Å². The summed E-state index contributed by atoms with van der Waals surface area (Å²) < 4.78 is 33.5. The molecule has 9 nitrogen and oxygen atoms in total. The van der Waals surface area contributed by atoms with Crippen molar-refractivity contribution in [2.24, 2.45) is 0 Å². The van der Waals surface area contributed by atoms with Crippen LogP contribution < -0.4 is 18.9 Å². The van der Waals surface area contributed by atoms with E-state index in [9.17, 15) is 9.90 Å².